The van der Waals surface area contributed by atoms with E-state index in [9.17, 15) is 4.79 Å². The number of aromatic nitrogens is 2. The smallest absolute Gasteiger partial charge is 0.169 e. The molecule has 0 saturated heterocycles. The van der Waals surface area contributed by atoms with Crippen molar-refractivity contribution in [3.05, 3.63) is 16.4 Å². The SMILES string of the molecule is Cc1nn(C)c(Cl)c1C(=O)CCN. The molecule has 1 aromatic rings. The van der Waals surface area contributed by atoms with Crippen LogP contribution >= 0.6 is 11.6 Å². The normalized spacial score (nSPS) is 10.5. The average Bonchev–Trinajstić information content (AvgIpc) is 2.27. The Hall–Kier alpha value is -0.870. The van der Waals surface area contributed by atoms with Gasteiger partial charge < -0.3 is 5.73 Å². The van der Waals surface area contributed by atoms with Gasteiger partial charge in [-0.15, -0.1) is 0 Å². The third kappa shape index (κ3) is 1.89. The molecule has 0 aliphatic carbocycles. The van der Waals surface area contributed by atoms with Crippen LogP contribution in [0, 0.1) is 6.92 Å². The van der Waals surface area contributed by atoms with Crippen molar-refractivity contribution < 1.29 is 4.79 Å². The third-order valence-corrected chi connectivity index (χ3v) is 2.24. The summed E-state index contributed by atoms with van der Waals surface area (Å²) in [6.45, 7) is 2.10. The van der Waals surface area contributed by atoms with Crippen LogP contribution in [0.2, 0.25) is 5.15 Å². The summed E-state index contributed by atoms with van der Waals surface area (Å²) in [4.78, 5) is 11.5. The predicted octanol–water partition coefficient (Wildman–Crippen LogP) is 0.913. The number of nitrogens with zero attached hydrogens (tertiary/aromatic N) is 2. The summed E-state index contributed by atoms with van der Waals surface area (Å²) >= 11 is 5.88. The van der Waals surface area contributed by atoms with Gasteiger partial charge in [-0.1, -0.05) is 11.6 Å². The first-order valence-corrected chi connectivity index (χ1v) is 4.38. The lowest BCUT2D eigenvalue weighted by Crippen LogP contribution is -2.09. The summed E-state index contributed by atoms with van der Waals surface area (Å²) in [5, 5.41) is 4.42. The number of halogens is 1. The molecule has 72 valence electrons. The summed E-state index contributed by atoms with van der Waals surface area (Å²) in [5.74, 6) is -0.0434. The second-order valence-corrected chi connectivity index (χ2v) is 3.19. The van der Waals surface area contributed by atoms with Crippen molar-refractivity contribution in [2.45, 2.75) is 13.3 Å². The zero-order valence-electron chi connectivity index (χ0n) is 7.67. The Kier molecular flexibility index (Phi) is 3.06. The molecular weight excluding hydrogens is 190 g/mol. The maximum Gasteiger partial charge on any atom is 0.169 e. The molecule has 0 atom stereocenters. The van der Waals surface area contributed by atoms with Crippen molar-refractivity contribution in [3.8, 4) is 0 Å². The lowest BCUT2D eigenvalue weighted by atomic mass is 10.1. The van der Waals surface area contributed by atoms with E-state index in [4.69, 9.17) is 17.3 Å². The van der Waals surface area contributed by atoms with Crippen LogP contribution < -0.4 is 5.73 Å². The van der Waals surface area contributed by atoms with E-state index >= 15 is 0 Å². The minimum atomic E-state index is -0.0434. The first-order chi connectivity index (χ1) is 6.07. The summed E-state index contributed by atoms with van der Waals surface area (Å²) in [6.07, 6.45) is 0.312. The average molecular weight is 202 g/mol. The Morgan fingerprint density at radius 3 is 2.69 bits per heavy atom. The van der Waals surface area contributed by atoms with Crippen LogP contribution in [0.5, 0.6) is 0 Å². The van der Waals surface area contributed by atoms with Gasteiger partial charge in [-0.25, -0.2) is 0 Å². The lowest BCUT2D eigenvalue weighted by Gasteiger charge is -1.97. The van der Waals surface area contributed by atoms with Crippen LogP contribution in [0.4, 0.5) is 0 Å². The Balaban J connectivity index is 3.06. The van der Waals surface area contributed by atoms with Crippen molar-refractivity contribution >= 4 is 17.4 Å². The Labute approximate surface area is 81.7 Å². The summed E-state index contributed by atoms with van der Waals surface area (Å²) < 4.78 is 1.49. The number of hydrogen-bond acceptors (Lipinski definition) is 3. The molecule has 4 nitrogen and oxygen atoms in total. The van der Waals surface area contributed by atoms with Gasteiger partial charge in [0.15, 0.2) is 5.78 Å². The first-order valence-electron chi connectivity index (χ1n) is 4.00. The molecule has 0 fully saturated rings. The monoisotopic (exact) mass is 201 g/mol. The standard InChI is InChI=1S/C8H12ClN3O/c1-5-7(6(13)3-4-10)8(9)12(2)11-5/h3-4,10H2,1-2H3. The molecule has 0 aromatic carbocycles. The Morgan fingerprint density at radius 1 is 1.69 bits per heavy atom. The van der Waals surface area contributed by atoms with Gasteiger partial charge in [0.25, 0.3) is 0 Å². The predicted molar refractivity (Wildman–Crippen MR) is 51.0 cm³/mol. The maximum atomic E-state index is 11.5. The number of aryl methyl sites for hydroxylation is 2. The number of hydrogen-bond donors (Lipinski definition) is 1. The fourth-order valence-corrected chi connectivity index (χ4v) is 1.48. The fraction of sp³-hybridized carbons (Fsp3) is 0.500. The number of nitrogens with two attached hydrogens (primary N) is 1. The number of ketones is 1. The van der Waals surface area contributed by atoms with Crippen molar-refractivity contribution in [2.24, 2.45) is 12.8 Å². The molecule has 0 radical (unpaired) electrons. The topological polar surface area (TPSA) is 60.9 Å². The van der Waals surface area contributed by atoms with Crippen LogP contribution in [-0.4, -0.2) is 22.1 Å². The van der Waals surface area contributed by atoms with Crippen molar-refractivity contribution in [2.75, 3.05) is 6.54 Å². The van der Waals surface area contributed by atoms with E-state index in [1.165, 1.54) is 4.68 Å². The zero-order valence-corrected chi connectivity index (χ0v) is 8.43. The Bertz CT molecular complexity index is 332. The minimum Gasteiger partial charge on any atom is -0.330 e. The van der Waals surface area contributed by atoms with Gasteiger partial charge in [-0.3, -0.25) is 9.48 Å². The van der Waals surface area contributed by atoms with E-state index in [2.05, 4.69) is 5.10 Å². The molecule has 0 aliphatic rings. The highest BCUT2D eigenvalue weighted by Gasteiger charge is 2.17. The molecule has 0 aliphatic heterocycles. The number of carbonyl (C=O) groups excluding carboxylic acids is 1. The van der Waals surface area contributed by atoms with Crippen LogP contribution in [0.15, 0.2) is 0 Å². The molecule has 1 heterocycles. The Morgan fingerprint density at radius 2 is 2.31 bits per heavy atom. The van der Waals surface area contributed by atoms with Gasteiger partial charge >= 0.3 is 0 Å². The fourth-order valence-electron chi connectivity index (χ4n) is 1.20. The molecule has 0 saturated carbocycles. The van der Waals surface area contributed by atoms with E-state index in [0.29, 0.717) is 29.4 Å². The van der Waals surface area contributed by atoms with Gasteiger partial charge in [-0.2, -0.15) is 5.10 Å². The summed E-state index contributed by atoms with van der Waals surface area (Å²) in [7, 11) is 1.70. The highest BCUT2D eigenvalue weighted by atomic mass is 35.5. The molecule has 0 bridgehead atoms. The molecular formula is C8H12ClN3O. The van der Waals surface area contributed by atoms with E-state index in [1.54, 1.807) is 14.0 Å². The largest absolute Gasteiger partial charge is 0.330 e. The molecule has 0 amide bonds. The second kappa shape index (κ2) is 3.89. The van der Waals surface area contributed by atoms with Crippen molar-refractivity contribution in [3.63, 3.8) is 0 Å². The van der Waals surface area contributed by atoms with Crippen LogP contribution in [0.25, 0.3) is 0 Å². The molecule has 0 unspecified atom stereocenters. The number of Topliss-reactive ketones (excluding diaryl/α,β-unsaturated/α-hetero) is 1. The summed E-state index contributed by atoms with van der Waals surface area (Å²) in [5.41, 5.74) is 6.44. The molecule has 13 heavy (non-hydrogen) atoms. The van der Waals surface area contributed by atoms with Crippen LogP contribution in [0.3, 0.4) is 0 Å². The highest BCUT2D eigenvalue weighted by Crippen LogP contribution is 2.19. The van der Waals surface area contributed by atoms with E-state index < -0.39 is 0 Å². The van der Waals surface area contributed by atoms with Crippen LogP contribution in [-0.2, 0) is 7.05 Å². The zero-order chi connectivity index (χ0) is 10.0. The van der Waals surface area contributed by atoms with Gasteiger partial charge in [0.2, 0.25) is 0 Å². The molecule has 1 rings (SSSR count). The lowest BCUT2D eigenvalue weighted by molar-refractivity contribution is 0.0985. The first kappa shape index (κ1) is 10.2. The third-order valence-electron chi connectivity index (χ3n) is 1.80. The van der Waals surface area contributed by atoms with Gasteiger partial charge in [0, 0.05) is 13.5 Å². The van der Waals surface area contributed by atoms with Crippen LogP contribution in [0.1, 0.15) is 22.5 Å². The van der Waals surface area contributed by atoms with Gasteiger partial charge in [0.05, 0.1) is 11.3 Å². The second-order valence-electron chi connectivity index (χ2n) is 2.84. The molecule has 2 N–H and O–H groups in total. The quantitative estimate of drug-likeness (QED) is 0.740. The number of rotatable bonds is 3. The molecule has 5 heteroatoms. The van der Waals surface area contributed by atoms with Gasteiger partial charge in [0.1, 0.15) is 5.15 Å². The van der Waals surface area contributed by atoms with E-state index in [-0.39, 0.29) is 5.78 Å². The van der Waals surface area contributed by atoms with Crippen molar-refractivity contribution in [1.82, 2.24) is 9.78 Å². The summed E-state index contributed by atoms with van der Waals surface area (Å²) in [6, 6.07) is 0. The van der Waals surface area contributed by atoms with Crippen molar-refractivity contribution in [1.29, 1.82) is 0 Å². The number of carbonyl (C=O) groups is 1. The maximum absolute atomic E-state index is 11.5. The molecule has 1 aromatic heterocycles. The highest BCUT2D eigenvalue weighted by molar-refractivity contribution is 6.33. The van der Waals surface area contributed by atoms with Gasteiger partial charge in [-0.05, 0) is 13.5 Å². The van der Waals surface area contributed by atoms with E-state index in [0.717, 1.165) is 0 Å². The minimum absolute atomic E-state index is 0.0434. The molecule has 0 spiro atoms. The van der Waals surface area contributed by atoms with E-state index in [1.807, 2.05) is 0 Å².